The predicted octanol–water partition coefficient (Wildman–Crippen LogP) is 3.55. The highest BCUT2D eigenvalue weighted by atomic mass is 35.5. The van der Waals surface area contributed by atoms with Gasteiger partial charge in [-0.2, -0.15) is 0 Å². The highest BCUT2D eigenvalue weighted by molar-refractivity contribution is 6.42. The zero-order valence-corrected chi connectivity index (χ0v) is 13.8. The lowest BCUT2D eigenvalue weighted by Gasteiger charge is -2.37. The van der Waals surface area contributed by atoms with Crippen LogP contribution in [0.25, 0.3) is 0 Å². The van der Waals surface area contributed by atoms with Gasteiger partial charge in [-0.3, -0.25) is 14.5 Å². The Morgan fingerprint density at radius 3 is 2.13 bits per heavy atom. The Morgan fingerprint density at radius 1 is 0.957 bits per heavy atom. The molecule has 2 saturated carbocycles. The van der Waals surface area contributed by atoms with Crippen molar-refractivity contribution in [3.8, 4) is 0 Å². The van der Waals surface area contributed by atoms with Crippen molar-refractivity contribution >= 4 is 35.0 Å². The minimum absolute atomic E-state index is 0.00391. The molecule has 1 saturated heterocycles. The van der Waals surface area contributed by atoms with Crippen molar-refractivity contribution in [1.82, 2.24) is 4.90 Å². The lowest BCUT2D eigenvalue weighted by atomic mass is 9.63. The molecule has 2 bridgehead atoms. The monoisotopic (exact) mass is 347 g/mol. The number of likely N-dealkylation sites (tertiary alicyclic amines) is 1. The number of carbonyl (C=O) groups excluding carboxylic acids is 2. The van der Waals surface area contributed by atoms with Gasteiger partial charge < -0.3 is 0 Å². The molecule has 0 unspecified atom stereocenters. The van der Waals surface area contributed by atoms with Crippen molar-refractivity contribution in [3.05, 3.63) is 46.0 Å². The molecule has 6 rings (SSSR count). The summed E-state index contributed by atoms with van der Waals surface area (Å²) in [5.74, 6) is 1.52. The van der Waals surface area contributed by atoms with Crippen molar-refractivity contribution in [1.29, 1.82) is 0 Å². The molecule has 0 radical (unpaired) electrons. The van der Waals surface area contributed by atoms with Gasteiger partial charge in [0.2, 0.25) is 11.8 Å². The molecule has 3 fully saturated rings. The molecule has 5 aliphatic rings. The number of hydrogen-bond donors (Lipinski definition) is 0. The van der Waals surface area contributed by atoms with Crippen LogP contribution in [-0.2, 0) is 16.1 Å². The van der Waals surface area contributed by atoms with E-state index < -0.39 is 0 Å². The molecule has 3 nitrogen and oxygen atoms in total. The average molecular weight is 348 g/mol. The third kappa shape index (κ3) is 1.84. The minimum atomic E-state index is -0.135. The lowest BCUT2D eigenvalue weighted by Crippen LogP contribution is -2.40. The third-order valence-corrected chi connectivity index (χ3v) is 6.82. The number of nitrogens with zero attached hydrogens (tertiary/aromatic N) is 1. The Kier molecular flexibility index (Phi) is 2.82. The molecule has 0 N–H and O–H groups in total. The second kappa shape index (κ2) is 4.61. The fourth-order valence-electron chi connectivity index (χ4n) is 5.00. The van der Waals surface area contributed by atoms with E-state index in [1.165, 1.54) is 11.3 Å². The van der Waals surface area contributed by atoms with Gasteiger partial charge in [0.05, 0.1) is 28.4 Å². The number of benzene rings is 1. The summed E-state index contributed by atoms with van der Waals surface area (Å²) < 4.78 is 0. The molecule has 1 aliphatic heterocycles. The first-order valence-electron chi connectivity index (χ1n) is 8.04. The molecule has 2 amide bonds. The number of imide groups is 1. The number of amides is 2. The number of carbonyl (C=O) groups is 2. The topological polar surface area (TPSA) is 37.4 Å². The van der Waals surface area contributed by atoms with Crippen molar-refractivity contribution in [2.24, 2.45) is 35.5 Å². The van der Waals surface area contributed by atoms with Gasteiger partial charge in [0.15, 0.2) is 0 Å². The summed E-state index contributed by atoms with van der Waals surface area (Å²) in [4.78, 5) is 27.2. The molecule has 1 aromatic rings. The zero-order valence-electron chi connectivity index (χ0n) is 12.3. The van der Waals surface area contributed by atoms with E-state index in [4.69, 9.17) is 23.2 Å². The second-order valence-corrected chi connectivity index (χ2v) is 7.98. The summed E-state index contributed by atoms with van der Waals surface area (Å²) in [6.07, 6.45) is 5.56. The first-order chi connectivity index (χ1) is 11.1. The SMILES string of the molecule is O=C1[C@@H]2[C@H]3C=C[C@@H]([C@@H]4C[C@@H]34)[C@H]2C(=O)N1Cc1ccc(Cl)c(Cl)c1. The maximum atomic E-state index is 12.9. The molecule has 118 valence electrons. The quantitative estimate of drug-likeness (QED) is 0.606. The van der Waals surface area contributed by atoms with Gasteiger partial charge in [0.25, 0.3) is 0 Å². The molecular weight excluding hydrogens is 333 g/mol. The molecule has 1 heterocycles. The van der Waals surface area contributed by atoms with Crippen molar-refractivity contribution in [3.63, 3.8) is 0 Å². The number of halogens is 2. The maximum Gasteiger partial charge on any atom is 0.234 e. The van der Waals surface area contributed by atoms with Crippen LogP contribution in [0, 0.1) is 35.5 Å². The largest absolute Gasteiger partial charge is 0.278 e. The van der Waals surface area contributed by atoms with Gasteiger partial charge in [-0.1, -0.05) is 41.4 Å². The fourth-order valence-corrected chi connectivity index (χ4v) is 5.32. The summed E-state index contributed by atoms with van der Waals surface area (Å²) in [6.45, 7) is 0.288. The fraction of sp³-hybridized carbons (Fsp3) is 0.444. The number of allylic oxidation sites excluding steroid dienone is 2. The van der Waals surface area contributed by atoms with Gasteiger partial charge >= 0.3 is 0 Å². The van der Waals surface area contributed by atoms with Crippen LogP contribution in [0.3, 0.4) is 0 Å². The van der Waals surface area contributed by atoms with Gasteiger partial charge in [-0.05, 0) is 47.8 Å². The lowest BCUT2D eigenvalue weighted by molar-refractivity contribution is -0.140. The van der Waals surface area contributed by atoms with Crippen LogP contribution >= 0.6 is 23.2 Å². The summed E-state index contributed by atoms with van der Waals surface area (Å²) >= 11 is 12.0. The molecule has 0 spiro atoms. The third-order valence-electron chi connectivity index (χ3n) is 6.08. The van der Waals surface area contributed by atoms with Gasteiger partial charge in [0.1, 0.15) is 0 Å². The highest BCUT2D eigenvalue weighted by Gasteiger charge is 2.66. The summed E-state index contributed by atoms with van der Waals surface area (Å²) in [7, 11) is 0. The Hall–Kier alpha value is -1.32. The Morgan fingerprint density at radius 2 is 1.57 bits per heavy atom. The van der Waals surface area contributed by atoms with E-state index in [1.54, 1.807) is 12.1 Å². The van der Waals surface area contributed by atoms with E-state index >= 15 is 0 Å². The summed E-state index contributed by atoms with van der Waals surface area (Å²) in [5, 5.41) is 0.925. The Bertz CT molecular complexity index is 738. The van der Waals surface area contributed by atoms with Crippen LogP contribution in [0.15, 0.2) is 30.4 Å². The van der Waals surface area contributed by atoms with Crippen LogP contribution < -0.4 is 0 Å². The first-order valence-corrected chi connectivity index (χ1v) is 8.79. The van der Waals surface area contributed by atoms with Crippen molar-refractivity contribution in [2.75, 3.05) is 0 Å². The van der Waals surface area contributed by atoms with Crippen LogP contribution in [0.1, 0.15) is 12.0 Å². The van der Waals surface area contributed by atoms with Crippen LogP contribution in [0.2, 0.25) is 10.0 Å². The van der Waals surface area contributed by atoms with E-state index in [0.717, 1.165) is 5.56 Å². The predicted molar refractivity (Wildman–Crippen MR) is 86.7 cm³/mol. The molecule has 0 aromatic heterocycles. The van der Waals surface area contributed by atoms with Crippen LogP contribution in [-0.4, -0.2) is 16.7 Å². The van der Waals surface area contributed by atoms with Crippen LogP contribution in [0.5, 0.6) is 0 Å². The van der Waals surface area contributed by atoms with Gasteiger partial charge in [-0.15, -0.1) is 0 Å². The normalized spacial score (nSPS) is 39.7. The molecule has 23 heavy (non-hydrogen) atoms. The molecule has 4 aliphatic carbocycles. The van der Waals surface area contributed by atoms with Gasteiger partial charge in [-0.25, -0.2) is 0 Å². The average Bonchev–Trinajstić information content (AvgIpc) is 3.32. The van der Waals surface area contributed by atoms with Crippen molar-refractivity contribution < 1.29 is 9.59 Å². The summed E-state index contributed by atoms with van der Waals surface area (Å²) in [5.41, 5.74) is 0.838. The van der Waals surface area contributed by atoms with Crippen LogP contribution in [0.4, 0.5) is 0 Å². The standard InChI is InChI=1S/C18H15Cl2NO2/c19-13-4-1-8(5-14(13)20)7-21-17(22)15-9-2-3-10(12-6-11(9)12)16(15)18(21)23/h1-5,9-12,15-16H,6-7H2/t9-,10-,11-,12-,15+,16+/m0/s1. The minimum Gasteiger partial charge on any atom is -0.278 e. The summed E-state index contributed by atoms with van der Waals surface area (Å²) in [6, 6.07) is 5.26. The smallest absolute Gasteiger partial charge is 0.234 e. The zero-order chi connectivity index (χ0) is 15.9. The molecular formula is C18H15Cl2NO2. The van der Waals surface area contributed by atoms with E-state index in [2.05, 4.69) is 12.2 Å². The van der Waals surface area contributed by atoms with E-state index in [9.17, 15) is 9.59 Å². The second-order valence-electron chi connectivity index (χ2n) is 7.17. The van der Waals surface area contributed by atoms with E-state index in [1.807, 2.05) is 6.07 Å². The molecule has 1 aromatic carbocycles. The highest BCUT2D eigenvalue weighted by Crippen LogP contribution is 2.65. The van der Waals surface area contributed by atoms with E-state index in [-0.39, 0.29) is 42.0 Å². The Balaban J connectivity index is 1.46. The first kappa shape index (κ1) is 14.1. The van der Waals surface area contributed by atoms with Crippen molar-refractivity contribution in [2.45, 2.75) is 13.0 Å². The van der Waals surface area contributed by atoms with E-state index in [0.29, 0.717) is 21.9 Å². The molecule has 5 heteroatoms. The number of rotatable bonds is 2. The molecule has 6 atom stereocenters. The Labute approximate surface area is 144 Å². The van der Waals surface area contributed by atoms with Gasteiger partial charge in [0, 0.05) is 0 Å². The maximum absolute atomic E-state index is 12.9. The number of hydrogen-bond acceptors (Lipinski definition) is 2.